The van der Waals surface area contributed by atoms with E-state index in [1.807, 2.05) is 11.0 Å². The summed E-state index contributed by atoms with van der Waals surface area (Å²) < 4.78 is 2.14. The molecule has 0 bridgehead atoms. The molecule has 3 heterocycles. The van der Waals surface area contributed by atoms with Gasteiger partial charge in [0, 0.05) is 54.2 Å². The van der Waals surface area contributed by atoms with Crippen LogP contribution >= 0.6 is 11.6 Å². The van der Waals surface area contributed by atoms with Crippen LogP contribution in [0.15, 0.2) is 91.4 Å². The van der Waals surface area contributed by atoms with Gasteiger partial charge in [-0.1, -0.05) is 59.6 Å². The molecule has 6 rings (SSSR count). The van der Waals surface area contributed by atoms with Gasteiger partial charge in [0.1, 0.15) is 12.1 Å². The van der Waals surface area contributed by atoms with E-state index in [1.165, 1.54) is 5.56 Å². The summed E-state index contributed by atoms with van der Waals surface area (Å²) in [5.74, 6) is 0.924. The van der Waals surface area contributed by atoms with E-state index in [0.717, 1.165) is 33.7 Å². The normalized spacial score (nSPS) is 13.8. The highest BCUT2D eigenvalue weighted by atomic mass is 35.5. The molecule has 1 saturated heterocycles. The topological polar surface area (TPSA) is 54.3 Å². The van der Waals surface area contributed by atoms with Crippen LogP contribution in [0.1, 0.15) is 15.9 Å². The number of amides is 1. The minimum atomic E-state index is 0.0275. The van der Waals surface area contributed by atoms with Gasteiger partial charge in [-0.3, -0.25) is 4.79 Å². The number of aryl methyl sites for hydroxylation is 1. The third-order valence-corrected chi connectivity index (χ3v) is 7.17. The Balaban J connectivity index is 1.36. The van der Waals surface area contributed by atoms with E-state index in [9.17, 15) is 4.79 Å². The van der Waals surface area contributed by atoms with Crippen molar-refractivity contribution < 1.29 is 4.79 Å². The van der Waals surface area contributed by atoms with Crippen molar-refractivity contribution >= 4 is 34.4 Å². The second kappa shape index (κ2) is 9.71. The quantitative estimate of drug-likeness (QED) is 0.299. The molecule has 0 N–H and O–H groups in total. The van der Waals surface area contributed by atoms with Crippen LogP contribution in [0.5, 0.6) is 0 Å². The molecule has 3 aromatic carbocycles. The number of fused-ring (bicyclic) bond motifs is 1. The van der Waals surface area contributed by atoms with Crippen LogP contribution in [0.4, 0.5) is 5.82 Å². The van der Waals surface area contributed by atoms with E-state index >= 15 is 0 Å². The molecule has 0 radical (unpaired) electrons. The molecule has 1 amide bonds. The number of nitrogens with zero attached hydrogens (tertiary/aromatic N) is 5. The Morgan fingerprint density at radius 3 is 2.24 bits per heavy atom. The first-order valence-electron chi connectivity index (χ1n) is 12.4. The zero-order valence-corrected chi connectivity index (χ0v) is 21.3. The fraction of sp³-hybridized carbons (Fsp3) is 0.167. The number of hydrogen-bond donors (Lipinski definition) is 0. The third-order valence-electron chi connectivity index (χ3n) is 6.92. The summed E-state index contributed by atoms with van der Waals surface area (Å²) >= 11 is 6.00. The molecule has 0 aliphatic carbocycles. The van der Waals surface area contributed by atoms with Crippen LogP contribution in [0, 0.1) is 6.92 Å². The van der Waals surface area contributed by atoms with Gasteiger partial charge >= 0.3 is 0 Å². The lowest BCUT2D eigenvalue weighted by Gasteiger charge is -2.35. The second-order valence-corrected chi connectivity index (χ2v) is 9.73. The molecular formula is C30H26ClN5O. The van der Waals surface area contributed by atoms with Gasteiger partial charge in [0.25, 0.3) is 5.91 Å². The number of benzene rings is 3. The lowest BCUT2D eigenvalue weighted by molar-refractivity contribution is 0.0746. The fourth-order valence-electron chi connectivity index (χ4n) is 4.92. The summed E-state index contributed by atoms with van der Waals surface area (Å²) in [5, 5.41) is 1.65. The largest absolute Gasteiger partial charge is 0.352 e. The molecule has 6 nitrogen and oxygen atoms in total. The van der Waals surface area contributed by atoms with Crippen molar-refractivity contribution in [2.45, 2.75) is 6.92 Å². The third kappa shape index (κ3) is 4.45. The molecular weight excluding hydrogens is 482 g/mol. The fourth-order valence-corrected chi connectivity index (χ4v) is 5.05. The molecule has 0 atom stereocenters. The Bertz CT molecular complexity index is 1550. The SMILES string of the molecule is Cc1ccc(-n2cc(-c3ccccc3)c3c(N4CCN(C(=O)c5ccc(Cl)cc5)CC4)ncnc32)cc1. The van der Waals surface area contributed by atoms with Gasteiger partial charge < -0.3 is 14.4 Å². The minimum absolute atomic E-state index is 0.0275. The molecule has 184 valence electrons. The highest BCUT2D eigenvalue weighted by Gasteiger charge is 2.26. The predicted molar refractivity (Wildman–Crippen MR) is 149 cm³/mol. The van der Waals surface area contributed by atoms with Gasteiger partial charge in [0.05, 0.1) is 5.39 Å². The zero-order chi connectivity index (χ0) is 25.4. The van der Waals surface area contributed by atoms with Gasteiger partial charge in [-0.2, -0.15) is 0 Å². The average Bonchev–Trinajstić information content (AvgIpc) is 3.34. The average molecular weight is 508 g/mol. The lowest BCUT2D eigenvalue weighted by atomic mass is 10.1. The summed E-state index contributed by atoms with van der Waals surface area (Å²) in [6, 6.07) is 25.9. The number of aromatic nitrogens is 3. The summed E-state index contributed by atoms with van der Waals surface area (Å²) in [5.41, 5.74) is 6.00. The van der Waals surface area contributed by atoms with Crippen molar-refractivity contribution in [2.24, 2.45) is 0 Å². The summed E-state index contributed by atoms with van der Waals surface area (Å²) in [7, 11) is 0. The van der Waals surface area contributed by atoms with Crippen LogP contribution in [-0.4, -0.2) is 51.5 Å². The first kappa shape index (κ1) is 23.3. The second-order valence-electron chi connectivity index (χ2n) is 9.30. The van der Waals surface area contributed by atoms with Crippen molar-refractivity contribution in [2.75, 3.05) is 31.1 Å². The van der Waals surface area contributed by atoms with Crippen molar-refractivity contribution in [3.63, 3.8) is 0 Å². The molecule has 1 fully saturated rings. The lowest BCUT2D eigenvalue weighted by Crippen LogP contribution is -2.49. The maximum absolute atomic E-state index is 13.0. The first-order valence-corrected chi connectivity index (χ1v) is 12.7. The monoisotopic (exact) mass is 507 g/mol. The Kier molecular flexibility index (Phi) is 6.10. The standard InChI is InChI=1S/C30H26ClN5O/c1-21-7-13-25(14-8-21)36-19-26(22-5-3-2-4-6-22)27-28(32-20-33-29(27)36)34-15-17-35(18-16-34)30(37)23-9-11-24(31)12-10-23/h2-14,19-20H,15-18H2,1H3. The van der Waals surface area contributed by atoms with E-state index in [1.54, 1.807) is 30.6 Å². The first-order chi connectivity index (χ1) is 18.1. The Morgan fingerprint density at radius 2 is 1.54 bits per heavy atom. The number of hydrogen-bond acceptors (Lipinski definition) is 4. The van der Waals surface area contributed by atoms with Crippen LogP contribution < -0.4 is 4.90 Å². The Morgan fingerprint density at radius 1 is 0.838 bits per heavy atom. The number of carbonyl (C=O) groups excluding carboxylic acids is 1. The van der Waals surface area contributed by atoms with Gasteiger partial charge in [-0.25, -0.2) is 9.97 Å². The number of anilines is 1. The van der Waals surface area contributed by atoms with Crippen molar-refractivity contribution in [3.05, 3.63) is 108 Å². The molecule has 2 aromatic heterocycles. The van der Waals surface area contributed by atoms with Crippen molar-refractivity contribution in [1.29, 1.82) is 0 Å². The highest BCUT2D eigenvalue weighted by Crippen LogP contribution is 2.37. The van der Waals surface area contributed by atoms with Gasteiger partial charge in [-0.05, 0) is 48.9 Å². The van der Waals surface area contributed by atoms with E-state index < -0.39 is 0 Å². The summed E-state index contributed by atoms with van der Waals surface area (Å²) in [6.45, 7) is 4.70. The maximum Gasteiger partial charge on any atom is 0.253 e. The van der Waals surface area contributed by atoms with Gasteiger partial charge in [0.2, 0.25) is 0 Å². The van der Waals surface area contributed by atoms with Crippen molar-refractivity contribution in [3.8, 4) is 16.8 Å². The van der Waals surface area contributed by atoms with Crippen LogP contribution in [0.25, 0.3) is 27.8 Å². The molecule has 0 saturated carbocycles. The number of rotatable bonds is 4. The maximum atomic E-state index is 13.0. The van der Waals surface area contributed by atoms with E-state index in [0.29, 0.717) is 36.8 Å². The molecule has 5 aromatic rings. The summed E-state index contributed by atoms with van der Waals surface area (Å²) in [6.07, 6.45) is 3.80. The van der Waals surface area contributed by atoms with E-state index in [2.05, 4.69) is 71.1 Å². The molecule has 7 heteroatoms. The van der Waals surface area contributed by atoms with Crippen LogP contribution in [0.3, 0.4) is 0 Å². The number of piperazine rings is 1. The highest BCUT2D eigenvalue weighted by molar-refractivity contribution is 6.30. The molecule has 37 heavy (non-hydrogen) atoms. The van der Waals surface area contributed by atoms with Crippen LogP contribution in [-0.2, 0) is 0 Å². The molecule has 0 unspecified atom stereocenters. The van der Waals surface area contributed by atoms with E-state index in [4.69, 9.17) is 21.6 Å². The molecule has 0 spiro atoms. The minimum Gasteiger partial charge on any atom is -0.352 e. The van der Waals surface area contributed by atoms with Crippen LogP contribution in [0.2, 0.25) is 5.02 Å². The Hall–Kier alpha value is -4.16. The Labute approximate surface area is 220 Å². The number of carbonyl (C=O) groups is 1. The molecule has 1 aliphatic heterocycles. The van der Waals surface area contributed by atoms with Gasteiger partial charge in [0.15, 0.2) is 5.65 Å². The zero-order valence-electron chi connectivity index (χ0n) is 20.5. The number of halogens is 1. The smallest absolute Gasteiger partial charge is 0.253 e. The predicted octanol–water partition coefficient (Wildman–Crippen LogP) is 6.01. The van der Waals surface area contributed by atoms with Gasteiger partial charge in [-0.15, -0.1) is 0 Å². The van der Waals surface area contributed by atoms with Crippen molar-refractivity contribution in [1.82, 2.24) is 19.4 Å². The van der Waals surface area contributed by atoms with E-state index in [-0.39, 0.29) is 5.91 Å². The molecule has 1 aliphatic rings. The summed E-state index contributed by atoms with van der Waals surface area (Å²) in [4.78, 5) is 26.7.